The normalized spacial score (nSPS) is 13.3. The first kappa shape index (κ1) is 27.6. The first-order chi connectivity index (χ1) is 14.5. The Balaban J connectivity index is 2.15. The third-order valence-corrected chi connectivity index (χ3v) is 21.6. The van der Waals surface area contributed by atoms with Crippen LogP contribution in [0.25, 0.3) is 19.8 Å². The Morgan fingerprint density at radius 3 is 1.88 bits per heavy atom. The van der Waals surface area contributed by atoms with E-state index in [0.717, 1.165) is 11.8 Å². The number of anilines is 1. The molecule has 0 aliphatic heterocycles. The van der Waals surface area contributed by atoms with E-state index in [-0.39, 0.29) is 7.92 Å². The lowest BCUT2D eigenvalue weighted by Crippen LogP contribution is -2.19. The minimum Gasteiger partial charge on any atom is -0.378 e. The Hall–Kier alpha value is 1.06. The van der Waals surface area contributed by atoms with Gasteiger partial charge in [-0.25, -0.2) is 0 Å². The summed E-state index contributed by atoms with van der Waals surface area (Å²) in [5.74, 6) is 2.30. The van der Waals surface area contributed by atoms with Crippen LogP contribution >= 0.6 is 48.7 Å². The molecule has 2 aromatic heterocycles. The van der Waals surface area contributed by atoms with Crippen LogP contribution in [0.2, 0.25) is 0 Å². The average Bonchev–Trinajstić information content (AvgIpc) is 3.22. The maximum atomic E-state index is 6.11. The molecular weight excluding hydrogens is 562 g/mol. The van der Waals surface area contributed by atoms with E-state index in [2.05, 4.69) is 89.3 Å². The van der Waals surface area contributed by atoms with Gasteiger partial charge in [-0.3, -0.25) is 0 Å². The molecule has 0 amide bonds. The molecule has 10 heteroatoms. The van der Waals surface area contributed by atoms with E-state index in [1.54, 1.807) is 4.62 Å². The van der Waals surface area contributed by atoms with E-state index in [1.165, 1.54) is 30.8 Å². The number of hydrogen-bond acceptors (Lipinski definition) is 6. The highest BCUT2D eigenvalue weighted by Crippen LogP contribution is 2.60. The van der Waals surface area contributed by atoms with Crippen molar-refractivity contribution in [3.05, 3.63) is 30.3 Å². The molecule has 0 bridgehead atoms. The van der Waals surface area contributed by atoms with Crippen molar-refractivity contribution in [2.24, 2.45) is 0 Å². The van der Waals surface area contributed by atoms with Crippen molar-refractivity contribution in [3.8, 4) is 9.75 Å². The third kappa shape index (κ3) is 7.29. The maximum absolute atomic E-state index is 6.11. The van der Waals surface area contributed by atoms with E-state index < -0.39 is 18.1 Å². The minimum absolute atomic E-state index is 0.356. The molecule has 0 saturated heterocycles. The second kappa shape index (κ2) is 10.2. The lowest BCUT2D eigenvalue weighted by atomic mass is 10.2. The SMILES string of the molecule is CN(C)c1ccc2cc(-c3cc(P(C)(C)=S)c(P(CP(C)(C)=S)CP(C)(C)=S)s3)sc2c1. The Labute approximate surface area is 219 Å². The van der Waals surface area contributed by atoms with Gasteiger partial charge in [-0.05, 0) is 87.8 Å². The van der Waals surface area contributed by atoms with E-state index in [9.17, 15) is 0 Å². The van der Waals surface area contributed by atoms with Crippen LogP contribution in [0, 0.1) is 0 Å². The predicted octanol–water partition coefficient (Wildman–Crippen LogP) is 7.56. The van der Waals surface area contributed by atoms with E-state index >= 15 is 0 Å². The molecule has 3 rings (SSSR count). The van der Waals surface area contributed by atoms with Gasteiger partial charge >= 0.3 is 0 Å². The van der Waals surface area contributed by atoms with Crippen LogP contribution in [0.3, 0.4) is 0 Å². The summed E-state index contributed by atoms with van der Waals surface area (Å²) in [4.78, 5) is 4.89. The fourth-order valence-electron chi connectivity index (χ4n) is 3.52. The van der Waals surface area contributed by atoms with E-state index in [4.69, 9.17) is 35.4 Å². The van der Waals surface area contributed by atoms with Gasteiger partial charge in [0.1, 0.15) is 0 Å². The summed E-state index contributed by atoms with van der Waals surface area (Å²) in [5, 5.41) is 2.76. The highest BCUT2D eigenvalue weighted by molar-refractivity contribution is 8.21. The zero-order valence-corrected chi connectivity index (χ0v) is 27.7. The second-order valence-electron chi connectivity index (χ2n) is 9.85. The number of hydrogen-bond donors (Lipinski definition) is 0. The van der Waals surface area contributed by atoms with Crippen LogP contribution in [0.1, 0.15) is 0 Å². The van der Waals surface area contributed by atoms with Gasteiger partial charge in [-0.2, -0.15) is 0 Å². The van der Waals surface area contributed by atoms with Gasteiger partial charge in [0.2, 0.25) is 0 Å². The summed E-state index contributed by atoms with van der Waals surface area (Å²) in [6.07, 6.45) is 0. The molecule has 176 valence electrons. The maximum Gasteiger partial charge on any atom is 0.0456 e. The summed E-state index contributed by atoms with van der Waals surface area (Å²) in [7, 11) is 3.83. The first-order valence-electron chi connectivity index (χ1n) is 10.3. The second-order valence-corrected chi connectivity index (χ2v) is 34.2. The average molecular weight is 596 g/mol. The largest absolute Gasteiger partial charge is 0.378 e. The quantitative estimate of drug-likeness (QED) is 0.247. The summed E-state index contributed by atoms with van der Waals surface area (Å²) in [6.45, 7) is 13.7. The van der Waals surface area contributed by atoms with Crippen molar-refractivity contribution in [2.75, 3.05) is 70.8 Å². The molecule has 0 N–H and O–H groups in total. The van der Waals surface area contributed by atoms with Crippen LogP contribution in [-0.4, -0.2) is 65.9 Å². The number of benzene rings is 1. The van der Waals surface area contributed by atoms with Crippen molar-refractivity contribution < 1.29 is 0 Å². The van der Waals surface area contributed by atoms with Gasteiger partial charge in [0.25, 0.3) is 0 Å². The van der Waals surface area contributed by atoms with Crippen LogP contribution < -0.4 is 14.8 Å². The minimum atomic E-state index is -1.58. The van der Waals surface area contributed by atoms with Gasteiger partial charge in [-0.15, -0.1) is 22.7 Å². The first-order valence-corrected chi connectivity index (χ1v) is 25.1. The zero-order chi connectivity index (χ0) is 24.1. The Morgan fingerprint density at radius 1 is 0.812 bits per heavy atom. The van der Waals surface area contributed by atoms with Gasteiger partial charge in [-0.1, -0.05) is 49.4 Å². The van der Waals surface area contributed by atoms with Crippen LogP contribution in [0.5, 0.6) is 0 Å². The van der Waals surface area contributed by atoms with Crippen molar-refractivity contribution in [2.45, 2.75) is 0 Å². The van der Waals surface area contributed by atoms with E-state index in [0.29, 0.717) is 0 Å². The number of fused-ring (bicyclic) bond motifs is 1. The molecule has 2 heterocycles. The van der Waals surface area contributed by atoms with Crippen molar-refractivity contribution >= 4 is 110 Å². The zero-order valence-electron chi connectivity index (χ0n) is 20.1. The standard InChI is InChI=1S/C22H33NP4S5/c1-23(2)17-10-9-16-11-20(31-19(16)12-17)21-13-18(27(7,8)30)22(32-21)24(14-25(3,4)28)15-26(5,6)29/h9-13H,14-15H2,1-8H3. The van der Waals surface area contributed by atoms with Gasteiger partial charge in [0.15, 0.2) is 0 Å². The van der Waals surface area contributed by atoms with E-state index in [1.807, 2.05) is 22.7 Å². The van der Waals surface area contributed by atoms with Gasteiger partial charge in [0, 0.05) is 56.0 Å². The monoisotopic (exact) mass is 595 g/mol. The van der Waals surface area contributed by atoms with Crippen molar-refractivity contribution in [3.63, 3.8) is 0 Å². The van der Waals surface area contributed by atoms with Gasteiger partial charge < -0.3 is 4.90 Å². The Morgan fingerprint density at radius 2 is 1.38 bits per heavy atom. The van der Waals surface area contributed by atoms with Crippen molar-refractivity contribution in [1.82, 2.24) is 0 Å². The Kier molecular flexibility index (Phi) is 8.81. The molecule has 1 aromatic carbocycles. The molecule has 0 aliphatic rings. The molecule has 0 radical (unpaired) electrons. The number of rotatable bonds is 8. The molecular formula is C22H33NP4S5. The molecule has 0 aliphatic carbocycles. The lowest BCUT2D eigenvalue weighted by Gasteiger charge is -2.26. The molecule has 0 saturated carbocycles. The smallest absolute Gasteiger partial charge is 0.0456 e. The van der Waals surface area contributed by atoms with Crippen LogP contribution in [0.15, 0.2) is 30.3 Å². The third-order valence-electron chi connectivity index (χ3n) is 4.85. The molecule has 3 aromatic rings. The Bertz CT molecular complexity index is 1250. The molecule has 1 nitrogen and oxygen atoms in total. The van der Waals surface area contributed by atoms with Crippen LogP contribution in [-0.2, 0) is 35.4 Å². The van der Waals surface area contributed by atoms with Crippen LogP contribution in [0.4, 0.5) is 5.69 Å². The molecule has 0 unspecified atom stereocenters. The van der Waals surface area contributed by atoms with Gasteiger partial charge in [0.05, 0.1) is 0 Å². The summed E-state index contributed by atoms with van der Waals surface area (Å²) in [5.41, 5.74) is 1.24. The fourth-order valence-corrected chi connectivity index (χ4v) is 22.8. The van der Waals surface area contributed by atoms with Crippen molar-refractivity contribution in [1.29, 1.82) is 0 Å². The summed E-state index contributed by atoms with van der Waals surface area (Å²) < 4.78 is 2.89. The summed E-state index contributed by atoms with van der Waals surface area (Å²) >= 11 is 21.9. The topological polar surface area (TPSA) is 3.24 Å². The molecule has 32 heavy (non-hydrogen) atoms. The fraction of sp³-hybridized carbons (Fsp3) is 0.455. The summed E-state index contributed by atoms with van der Waals surface area (Å²) in [6, 6.07) is 7.28. The predicted molar refractivity (Wildman–Crippen MR) is 174 cm³/mol. The molecule has 0 atom stereocenters. The number of thiophene rings is 2. The number of nitrogens with zero attached hydrogens (tertiary/aromatic N) is 1. The molecule has 0 spiro atoms. The lowest BCUT2D eigenvalue weighted by molar-refractivity contribution is 1.14. The highest BCUT2D eigenvalue weighted by atomic mass is 32.4. The molecule has 0 fully saturated rings. The highest BCUT2D eigenvalue weighted by Gasteiger charge is 2.28.